The summed E-state index contributed by atoms with van der Waals surface area (Å²) in [5.41, 5.74) is -4.14. The molecule has 1 aromatic carbocycles. The topological polar surface area (TPSA) is 57.2 Å². The standard InChI is InChI=1S/C19H34N.CHF3O3S/c1-4-7-15-20(16-8-5-2,17-9-6-3)18-19-13-11-10-12-14-19;2-1(3,4)8(5,6)7/h10-14H,4-9,15-18H2,1-3H3;(H,5,6,7)/q+1;/p-1. The lowest BCUT2D eigenvalue weighted by Gasteiger charge is -2.39. The SMILES string of the molecule is CCCC[N+](CCCC)(CCCC)Cc1ccccc1.O=S(=O)([O-])C(F)(F)F. The quantitative estimate of drug-likeness (QED) is 0.269. The summed E-state index contributed by atoms with van der Waals surface area (Å²) in [7, 11) is -6.09. The summed E-state index contributed by atoms with van der Waals surface area (Å²) < 4.78 is 60.2. The first-order chi connectivity index (χ1) is 13.0. The Balaban J connectivity index is 0.000000769. The third kappa shape index (κ3) is 11.0. The fraction of sp³-hybridized carbons (Fsp3) is 0.700. The molecule has 0 amide bonds. The van der Waals surface area contributed by atoms with E-state index >= 15 is 0 Å². The van der Waals surface area contributed by atoms with E-state index in [1.54, 1.807) is 0 Å². The van der Waals surface area contributed by atoms with Crippen LogP contribution in [0, 0.1) is 0 Å². The molecule has 8 heteroatoms. The Kier molecular flexibility index (Phi) is 12.6. The van der Waals surface area contributed by atoms with Crippen LogP contribution in [0.4, 0.5) is 13.2 Å². The van der Waals surface area contributed by atoms with E-state index in [4.69, 9.17) is 13.0 Å². The average Bonchev–Trinajstić information content (AvgIpc) is 2.62. The zero-order valence-corrected chi connectivity index (χ0v) is 18.0. The van der Waals surface area contributed by atoms with E-state index in [2.05, 4.69) is 51.1 Å². The minimum Gasteiger partial charge on any atom is -0.741 e. The smallest absolute Gasteiger partial charge is 0.485 e. The molecule has 0 aliphatic rings. The van der Waals surface area contributed by atoms with Crippen LogP contribution < -0.4 is 0 Å². The van der Waals surface area contributed by atoms with Crippen molar-refractivity contribution in [3.8, 4) is 0 Å². The number of benzene rings is 1. The Morgan fingerprint density at radius 3 is 1.50 bits per heavy atom. The second kappa shape index (κ2) is 13.2. The Hall–Kier alpha value is -1.12. The highest BCUT2D eigenvalue weighted by molar-refractivity contribution is 7.86. The van der Waals surface area contributed by atoms with Crippen molar-refractivity contribution in [3.63, 3.8) is 0 Å². The van der Waals surface area contributed by atoms with Gasteiger partial charge in [0.1, 0.15) is 6.54 Å². The fourth-order valence-electron chi connectivity index (χ4n) is 3.02. The number of unbranched alkanes of at least 4 members (excludes halogenated alkanes) is 3. The van der Waals surface area contributed by atoms with Crippen LogP contribution >= 0.6 is 0 Å². The monoisotopic (exact) mass is 425 g/mol. The summed E-state index contributed by atoms with van der Waals surface area (Å²) >= 11 is 0. The average molecular weight is 426 g/mol. The highest BCUT2D eigenvalue weighted by Gasteiger charge is 2.36. The van der Waals surface area contributed by atoms with Crippen LogP contribution in [0.5, 0.6) is 0 Å². The summed E-state index contributed by atoms with van der Waals surface area (Å²) in [5, 5.41) is 0. The summed E-state index contributed by atoms with van der Waals surface area (Å²) in [6.07, 6.45) is 8.02. The van der Waals surface area contributed by atoms with Crippen molar-refractivity contribution in [2.24, 2.45) is 0 Å². The summed E-state index contributed by atoms with van der Waals surface area (Å²) in [5.74, 6) is 0. The second-order valence-electron chi connectivity index (χ2n) is 7.12. The predicted octanol–water partition coefficient (Wildman–Crippen LogP) is 5.46. The minimum absolute atomic E-state index is 1.22. The van der Waals surface area contributed by atoms with Gasteiger partial charge in [0.2, 0.25) is 0 Å². The van der Waals surface area contributed by atoms with Crippen LogP contribution in [-0.2, 0) is 16.7 Å². The van der Waals surface area contributed by atoms with Gasteiger partial charge in [-0.2, -0.15) is 13.2 Å². The van der Waals surface area contributed by atoms with Gasteiger partial charge < -0.3 is 9.04 Å². The Morgan fingerprint density at radius 2 is 1.21 bits per heavy atom. The highest BCUT2D eigenvalue weighted by atomic mass is 32.2. The molecule has 0 aliphatic heterocycles. The van der Waals surface area contributed by atoms with Crippen molar-refractivity contribution >= 4 is 10.1 Å². The number of quaternary nitrogens is 1. The molecule has 0 spiro atoms. The van der Waals surface area contributed by atoms with E-state index in [9.17, 15) is 13.2 Å². The van der Waals surface area contributed by atoms with Gasteiger partial charge in [0.25, 0.3) is 0 Å². The van der Waals surface area contributed by atoms with Gasteiger partial charge in [-0.05, 0) is 19.3 Å². The summed E-state index contributed by atoms with van der Waals surface area (Å²) in [4.78, 5) is 0. The van der Waals surface area contributed by atoms with E-state index in [1.165, 1.54) is 74.8 Å². The molecule has 164 valence electrons. The molecule has 1 aromatic rings. The van der Waals surface area contributed by atoms with Crippen LogP contribution in [-0.4, -0.2) is 42.6 Å². The van der Waals surface area contributed by atoms with Gasteiger partial charge in [0.05, 0.1) is 19.6 Å². The molecule has 0 saturated heterocycles. The number of nitrogens with zero attached hydrogens (tertiary/aromatic N) is 1. The van der Waals surface area contributed by atoms with Crippen molar-refractivity contribution in [1.82, 2.24) is 0 Å². The van der Waals surface area contributed by atoms with E-state index in [1.807, 2.05) is 0 Å². The van der Waals surface area contributed by atoms with E-state index < -0.39 is 15.6 Å². The van der Waals surface area contributed by atoms with Gasteiger partial charge in [-0.1, -0.05) is 70.4 Å². The molecule has 0 bridgehead atoms. The Labute approximate surface area is 168 Å². The number of hydrogen-bond donors (Lipinski definition) is 0. The summed E-state index contributed by atoms with van der Waals surface area (Å²) in [6.45, 7) is 12.2. The zero-order valence-electron chi connectivity index (χ0n) is 17.2. The van der Waals surface area contributed by atoms with Crippen molar-refractivity contribution in [2.75, 3.05) is 19.6 Å². The third-order valence-electron chi connectivity index (χ3n) is 4.60. The lowest BCUT2D eigenvalue weighted by Crippen LogP contribution is -2.49. The van der Waals surface area contributed by atoms with Crippen molar-refractivity contribution < 1.29 is 30.6 Å². The molecule has 28 heavy (non-hydrogen) atoms. The Morgan fingerprint density at radius 1 is 0.857 bits per heavy atom. The van der Waals surface area contributed by atoms with Crippen LogP contribution in [0.1, 0.15) is 64.9 Å². The van der Waals surface area contributed by atoms with Crippen LogP contribution in [0.2, 0.25) is 0 Å². The molecule has 0 radical (unpaired) electrons. The first-order valence-electron chi connectivity index (χ1n) is 9.92. The molecule has 0 saturated carbocycles. The molecule has 0 aromatic heterocycles. The number of rotatable bonds is 11. The zero-order chi connectivity index (χ0) is 21.7. The molecule has 0 N–H and O–H groups in total. The molecular formula is C20H34F3NO3S. The molecule has 0 atom stereocenters. The van der Waals surface area contributed by atoms with Crippen molar-refractivity contribution in [1.29, 1.82) is 0 Å². The molecule has 0 unspecified atom stereocenters. The third-order valence-corrected chi connectivity index (χ3v) is 5.17. The molecule has 0 fully saturated rings. The van der Waals surface area contributed by atoms with Gasteiger partial charge in [0.15, 0.2) is 10.1 Å². The normalized spacial score (nSPS) is 12.4. The lowest BCUT2D eigenvalue weighted by molar-refractivity contribution is -0.941. The maximum absolute atomic E-state index is 10.7. The lowest BCUT2D eigenvalue weighted by atomic mass is 10.1. The van der Waals surface area contributed by atoms with E-state index in [0.29, 0.717) is 0 Å². The Bertz CT molecular complexity index is 598. The van der Waals surface area contributed by atoms with Gasteiger partial charge in [-0.15, -0.1) is 0 Å². The first kappa shape index (κ1) is 26.9. The molecule has 0 heterocycles. The van der Waals surface area contributed by atoms with E-state index in [0.717, 1.165) is 0 Å². The maximum atomic E-state index is 10.7. The number of hydrogen-bond acceptors (Lipinski definition) is 3. The van der Waals surface area contributed by atoms with Crippen molar-refractivity contribution in [2.45, 2.75) is 71.3 Å². The minimum atomic E-state index is -6.09. The largest absolute Gasteiger partial charge is 0.741 e. The van der Waals surface area contributed by atoms with Crippen molar-refractivity contribution in [3.05, 3.63) is 35.9 Å². The molecular weight excluding hydrogens is 391 g/mol. The molecule has 4 nitrogen and oxygen atoms in total. The highest BCUT2D eigenvalue weighted by Crippen LogP contribution is 2.21. The first-order valence-corrected chi connectivity index (χ1v) is 11.3. The van der Waals surface area contributed by atoms with Crippen LogP contribution in [0.15, 0.2) is 30.3 Å². The maximum Gasteiger partial charge on any atom is 0.485 e. The van der Waals surface area contributed by atoms with Gasteiger partial charge >= 0.3 is 5.51 Å². The predicted molar refractivity (Wildman–Crippen MR) is 105 cm³/mol. The van der Waals surface area contributed by atoms with E-state index in [-0.39, 0.29) is 0 Å². The molecule has 0 aliphatic carbocycles. The van der Waals surface area contributed by atoms with Crippen LogP contribution in [0.25, 0.3) is 0 Å². The van der Waals surface area contributed by atoms with Crippen LogP contribution in [0.3, 0.4) is 0 Å². The molecule has 1 rings (SSSR count). The van der Waals surface area contributed by atoms with Gasteiger partial charge in [0, 0.05) is 5.56 Å². The van der Waals surface area contributed by atoms with Gasteiger partial charge in [-0.25, -0.2) is 8.42 Å². The fourth-order valence-corrected chi connectivity index (χ4v) is 3.02. The summed E-state index contributed by atoms with van der Waals surface area (Å²) in [6, 6.07) is 11.1. The second-order valence-corrected chi connectivity index (χ2v) is 8.49. The van der Waals surface area contributed by atoms with Gasteiger partial charge in [-0.3, -0.25) is 0 Å². The number of alkyl halides is 3. The number of halogens is 3.